The summed E-state index contributed by atoms with van der Waals surface area (Å²) in [5.41, 5.74) is 1.39. The molecule has 1 N–H and O–H groups in total. The van der Waals surface area contributed by atoms with Crippen LogP contribution in [0, 0.1) is 11.6 Å². The Hall–Kier alpha value is -2.47. The molecule has 0 unspecified atom stereocenters. The average molecular weight is 360 g/mol. The predicted octanol–water partition coefficient (Wildman–Crippen LogP) is 4.14. The lowest BCUT2D eigenvalue weighted by Gasteiger charge is -2.30. The van der Waals surface area contributed by atoms with Gasteiger partial charge in [0.25, 0.3) is 0 Å². The van der Waals surface area contributed by atoms with Crippen LogP contribution in [0.5, 0.6) is 5.75 Å². The quantitative estimate of drug-likeness (QED) is 0.871. The number of nitrogens with one attached hydrogen (secondary N) is 1. The van der Waals surface area contributed by atoms with E-state index in [1.165, 1.54) is 6.07 Å². The van der Waals surface area contributed by atoms with Gasteiger partial charge in [0, 0.05) is 17.8 Å². The average Bonchev–Trinajstić information content (AvgIpc) is 3.14. The highest BCUT2D eigenvalue weighted by Crippen LogP contribution is 2.34. The first kappa shape index (κ1) is 18.3. The Morgan fingerprint density at radius 3 is 2.58 bits per heavy atom. The zero-order valence-corrected chi connectivity index (χ0v) is 14.8. The molecule has 1 amide bonds. The van der Waals surface area contributed by atoms with Crippen LogP contribution in [0.4, 0.5) is 14.5 Å². The van der Waals surface area contributed by atoms with Gasteiger partial charge < -0.3 is 10.1 Å². The number of rotatable bonds is 5. The maximum Gasteiger partial charge on any atom is 0.241 e. The molecule has 1 aliphatic heterocycles. The van der Waals surface area contributed by atoms with E-state index in [0.29, 0.717) is 0 Å². The number of carbonyl (C=O) groups excluding carboxylic acids is 1. The van der Waals surface area contributed by atoms with Gasteiger partial charge in [-0.2, -0.15) is 0 Å². The van der Waals surface area contributed by atoms with Gasteiger partial charge in [-0.1, -0.05) is 12.1 Å². The third-order valence-electron chi connectivity index (χ3n) is 4.86. The monoisotopic (exact) mass is 360 g/mol. The summed E-state index contributed by atoms with van der Waals surface area (Å²) < 4.78 is 31.6. The zero-order chi connectivity index (χ0) is 18.7. The van der Waals surface area contributed by atoms with Gasteiger partial charge >= 0.3 is 0 Å². The molecule has 138 valence electrons. The lowest BCUT2D eigenvalue weighted by atomic mass is 10.0. The number of ether oxygens (including phenoxy) is 1. The standard InChI is InChI=1S/C20H22F2N2O2/c1-13(20(25)23-15-7-10-17(21)18(22)12-15)24-11-3-4-19(24)14-5-8-16(26-2)9-6-14/h5-10,12-13,19H,3-4,11H2,1-2H3,(H,23,25)/t13-,19-/m0/s1. The Morgan fingerprint density at radius 2 is 1.92 bits per heavy atom. The van der Waals surface area contributed by atoms with E-state index in [9.17, 15) is 13.6 Å². The van der Waals surface area contributed by atoms with Crippen molar-refractivity contribution >= 4 is 11.6 Å². The summed E-state index contributed by atoms with van der Waals surface area (Å²) >= 11 is 0. The molecular formula is C20H22F2N2O2. The van der Waals surface area contributed by atoms with Crippen molar-refractivity contribution in [1.82, 2.24) is 4.90 Å². The SMILES string of the molecule is COc1ccc([C@@H]2CCCN2[C@@H](C)C(=O)Nc2ccc(F)c(F)c2)cc1. The molecule has 0 saturated carbocycles. The summed E-state index contributed by atoms with van der Waals surface area (Å²) in [5.74, 6) is -1.36. The first-order valence-corrected chi connectivity index (χ1v) is 8.65. The van der Waals surface area contributed by atoms with Gasteiger partial charge in [0.1, 0.15) is 5.75 Å². The Kier molecular flexibility index (Phi) is 5.52. The van der Waals surface area contributed by atoms with E-state index in [1.54, 1.807) is 7.11 Å². The van der Waals surface area contributed by atoms with Crippen molar-refractivity contribution in [2.45, 2.75) is 31.8 Å². The summed E-state index contributed by atoms with van der Waals surface area (Å²) in [4.78, 5) is 14.7. The molecule has 0 aromatic heterocycles. The number of carbonyl (C=O) groups is 1. The van der Waals surface area contributed by atoms with Crippen molar-refractivity contribution in [2.75, 3.05) is 19.0 Å². The lowest BCUT2D eigenvalue weighted by molar-refractivity contribution is -0.121. The van der Waals surface area contributed by atoms with Crippen LogP contribution in [0.3, 0.4) is 0 Å². The summed E-state index contributed by atoms with van der Waals surface area (Å²) in [6.45, 7) is 2.64. The third-order valence-corrected chi connectivity index (χ3v) is 4.86. The van der Waals surface area contributed by atoms with Gasteiger partial charge in [0.15, 0.2) is 11.6 Å². The maximum absolute atomic E-state index is 13.3. The van der Waals surface area contributed by atoms with Crippen LogP contribution in [0.1, 0.15) is 31.4 Å². The van der Waals surface area contributed by atoms with Crippen LogP contribution in [-0.4, -0.2) is 30.5 Å². The van der Waals surface area contributed by atoms with Crippen molar-refractivity contribution in [2.24, 2.45) is 0 Å². The van der Waals surface area contributed by atoms with Crippen LogP contribution < -0.4 is 10.1 Å². The minimum absolute atomic E-state index is 0.145. The molecule has 1 saturated heterocycles. The topological polar surface area (TPSA) is 41.6 Å². The molecule has 26 heavy (non-hydrogen) atoms. The first-order chi connectivity index (χ1) is 12.5. The van der Waals surface area contributed by atoms with Crippen LogP contribution in [0.15, 0.2) is 42.5 Å². The number of methoxy groups -OCH3 is 1. The molecule has 6 heteroatoms. The molecule has 2 atom stereocenters. The number of benzene rings is 2. The van der Waals surface area contributed by atoms with Gasteiger partial charge in [-0.15, -0.1) is 0 Å². The molecule has 2 aromatic rings. The van der Waals surface area contributed by atoms with Crippen molar-refractivity contribution in [1.29, 1.82) is 0 Å². The van der Waals surface area contributed by atoms with Crippen molar-refractivity contribution < 1.29 is 18.3 Å². The smallest absolute Gasteiger partial charge is 0.241 e. The van der Waals surface area contributed by atoms with Gasteiger partial charge in [-0.25, -0.2) is 8.78 Å². The van der Waals surface area contributed by atoms with E-state index >= 15 is 0 Å². The van der Waals surface area contributed by atoms with Gasteiger partial charge in [0.2, 0.25) is 5.91 Å². The number of likely N-dealkylation sites (tertiary alicyclic amines) is 1. The Labute approximate surface area is 151 Å². The van der Waals surface area contributed by atoms with E-state index in [0.717, 1.165) is 42.8 Å². The van der Waals surface area contributed by atoms with E-state index in [-0.39, 0.29) is 17.6 Å². The highest BCUT2D eigenvalue weighted by atomic mass is 19.2. The van der Waals surface area contributed by atoms with Crippen molar-refractivity contribution in [3.63, 3.8) is 0 Å². The lowest BCUT2D eigenvalue weighted by Crippen LogP contribution is -2.41. The van der Waals surface area contributed by atoms with E-state index in [1.807, 2.05) is 31.2 Å². The molecular weight excluding hydrogens is 338 g/mol. The highest BCUT2D eigenvalue weighted by Gasteiger charge is 2.33. The largest absolute Gasteiger partial charge is 0.497 e. The molecule has 1 fully saturated rings. The zero-order valence-electron chi connectivity index (χ0n) is 14.8. The minimum Gasteiger partial charge on any atom is -0.497 e. The molecule has 0 bridgehead atoms. The molecule has 0 radical (unpaired) electrons. The fraction of sp³-hybridized carbons (Fsp3) is 0.350. The van der Waals surface area contributed by atoms with Gasteiger partial charge in [-0.3, -0.25) is 9.69 Å². The first-order valence-electron chi connectivity index (χ1n) is 8.65. The fourth-order valence-corrected chi connectivity index (χ4v) is 3.41. The van der Waals surface area contributed by atoms with Crippen LogP contribution in [-0.2, 0) is 4.79 Å². The minimum atomic E-state index is -0.979. The molecule has 0 aliphatic carbocycles. The number of anilines is 1. The summed E-state index contributed by atoms with van der Waals surface area (Å²) in [6.07, 6.45) is 1.97. The van der Waals surface area contributed by atoms with E-state index in [4.69, 9.17) is 4.74 Å². The summed E-state index contributed by atoms with van der Waals surface area (Å²) in [5, 5.41) is 2.67. The highest BCUT2D eigenvalue weighted by molar-refractivity contribution is 5.94. The second kappa shape index (κ2) is 7.83. The fourth-order valence-electron chi connectivity index (χ4n) is 3.41. The molecule has 2 aromatic carbocycles. The third kappa shape index (κ3) is 3.85. The Morgan fingerprint density at radius 1 is 1.19 bits per heavy atom. The second-order valence-electron chi connectivity index (χ2n) is 6.46. The number of hydrogen-bond acceptors (Lipinski definition) is 3. The molecule has 3 rings (SSSR count). The van der Waals surface area contributed by atoms with Gasteiger partial charge in [-0.05, 0) is 56.1 Å². The molecule has 0 spiro atoms. The normalized spacial score (nSPS) is 18.5. The molecule has 1 heterocycles. The van der Waals surface area contributed by atoms with Crippen LogP contribution in [0.2, 0.25) is 0 Å². The van der Waals surface area contributed by atoms with Gasteiger partial charge in [0.05, 0.1) is 13.2 Å². The summed E-state index contributed by atoms with van der Waals surface area (Å²) in [6, 6.07) is 11.0. The van der Waals surface area contributed by atoms with Crippen molar-refractivity contribution in [3.8, 4) is 5.75 Å². The van der Waals surface area contributed by atoms with E-state index < -0.39 is 17.7 Å². The summed E-state index contributed by atoms with van der Waals surface area (Å²) in [7, 11) is 1.63. The predicted molar refractivity (Wildman–Crippen MR) is 96.1 cm³/mol. The van der Waals surface area contributed by atoms with Crippen LogP contribution in [0.25, 0.3) is 0 Å². The number of amides is 1. The second-order valence-corrected chi connectivity index (χ2v) is 6.46. The number of nitrogens with zero attached hydrogens (tertiary/aromatic N) is 1. The Bertz CT molecular complexity index is 780. The number of hydrogen-bond donors (Lipinski definition) is 1. The number of halogens is 2. The van der Waals surface area contributed by atoms with Crippen molar-refractivity contribution in [3.05, 3.63) is 59.7 Å². The maximum atomic E-state index is 13.3. The molecule has 4 nitrogen and oxygen atoms in total. The molecule has 1 aliphatic rings. The van der Waals surface area contributed by atoms with E-state index in [2.05, 4.69) is 10.2 Å². The Balaban J connectivity index is 1.71. The van der Waals surface area contributed by atoms with Crippen LogP contribution >= 0.6 is 0 Å².